The number of pyridine rings is 2. The zero-order valence-electron chi connectivity index (χ0n) is 23.1. The summed E-state index contributed by atoms with van der Waals surface area (Å²) in [6, 6.07) is 5.44. The molecule has 0 saturated carbocycles. The lowest BCUT2D eigenvalue weighted by molar-refractivity contribution is -0.142. The second-order valence-corrected chi connectivity index (χ2v) is 11.1. The highest BCUT2D eigenvalue weighted by Crippen LogP contribution is 2.27. The lowest BCUT2D eigenvalue weighted by Crippen LogP contribution is -2.41. The first kappa shape index (κ1) is 28.3. The number of anilines is 1. The van der Waals surface area contributed by atoms with Gasteiger partial charge in [-0.25, -0.2) is 14.5 Å². The average Bonchev–Trinajstić information content (AvgIpc) is 3.45. The van der Waals surface area contributed by atoms with Gasteiger partial charge < -0.3 is 19.6 Å². The third-order valence-electron chi connectivity index (χ3n) is 6.45. The summed E-state index contributed by atoms with van der Waals surface area (Å²) in [5.41, 5.74) is 1.77. The molecule has 1 aliphatic rings. The summed E-state index contributed by atoms with van der Waals surface area (Å²) in [5.74, 6) is 1.15. The van der Waals surface area contributed by atoms with E-state index in [2.05, 4.69) is 15.2 Å². The van der Waals surface area contributed by atoms with E-state index in [1.165, 1.54) is 17.3 Å². The molecule has 0 spiro atoms. The zero-order valence-corrected chi connectivity index (χ0v) is 23.1. The molecule has 5 heterocycles. The molecular weight excluding hydrogens is 541 g/mol. The van der Waals surface area contributed by atoms with Gasteiger partial charge in [0.2, 0.25) is 0 Å². The van der Waals surface area contributed by atoms with E-state index in [1.54, 1.807) is 43.9 Å². The second-order valence-electron chi connectivity index (χ2n) is 11.1. The summed E-state index contributed by atoms with van der Waals surface area (Å²) in [6.45, 7) is 7.30. The van der Waals surface area contributed by atoms with E-state index in [0.717, 1.165) is 15.6 Å². The third-order valence-corrected chi connectivity index (χ3v) is 6.45. The quantitative estimate of drug-likeness (QED) is 0.391. The molecule has 0 bridgehead atoms. The second kappa shape index (κ2) is 10.7. The normalized spacial score (nSPS) is 16.7. The maximum absolute atomic E-state index is 12.8. The van der Waals surface area contributed by atoms with Crippen LogP contribution in [0.4, 0.5) is 23.8 Å². The molecule has 1 aliphatic heterocycles. The summed E-state index contributed by atoms with van der Waals surface area (Å²) in [4.78, 5) is 25.3. The molecule has 11 nitrogen and oxygen atoms in total. The predicted molar refractivity (Wildman–Crippen MR) is 145 cm³/mol. The van der Waals surface area contributed by atoms with Crippen LogP contribution < -0.4 is 4.90 Å². The van der Waals surface area contributed by atoms with Gasteiger partial charge in [-0.1, -0.05) is 6.07 Å². The van der Waals surface area contributed by atoms with Crippen molar-refractivity contribution < 1.29 is 27.8 Å². The molecule has 218 valence electrons. The molecule has 1 N–H and O–H groups in total. The molecule has 1 atom stereocenters. The van der Waals surface area contributed by atoms with Crippen LogP contribution in [-0.2, 0) is 11.3 Å². The van der Waals surface area contributed by atoms with E-state index in [0.29, 0.717) is 41.5 Å². The predicted octanol–water partition coefficient (Wildman–Crippen LogP) is 3.97. The number of β-amino-alcohol motifs (C(OH)–C–C–N with tert-alkyl or cyclic N) is 1. The van der Waals surface area contributed by atoms with E-state index in [1.807, 2.05) is 24.0 Å². The van der Waals surface area contributed by atoms with Crippen LogP contribution in [0, 0.1) is 6.92 Å². The number of ether oxygens (including phenoxy) is 1. The van der Waals surface area contributed by atoms with Gasteiger partial charge >= 0.3 is 12.3 Å². The van der Waals surface area contributed by atoms with Crippen molar-refractivity contribution in [2.75, 3.05) is 31.1 Å². The number of aliphatic hydroxyl groups excluding tert-OH is 1. The molecular formula is C27H31F3N8O3. The Morgan fingerprint density at radius 1 is 1.10 bits per heavy atom. The molecule has 1 amide bonds. The fourth-order valence-electron chi connectivity index (χ4n) is 4.65. The van der Waals surface area contributed by atoms with Crippen LogP contribution in [0.5, 0.6) is 0 Å². The lowest BCUT2D eigenvalue weighted by Gasteiger charge is -2.27. The highest BCUT2D eigenvalue weighted by Gasteiger charge is 2.30. The number of halogens is 3. The Kier molecular flexibility index (Phi) is 7.36. The fourth-order valence-corrected chi connectivity index (χ4v) is 4.65. The number of carbonyl (C=O) groups is 1. The Bertz CT molecular complexity index is 1560. The topological polar surface area (TPSA) is 114 Å². The Hall–Kier alpha value is -4.20. The van der Waals surface area contributed by atoms with E-state index in [9.17, 15) is 23.1 Å². The Morgan fingerprint density at radius 3 is 2.61 bits per heavy atom. The summed E-state index contributed by atoms with van der Waals surface area (Å²) in [7, 11) is 0. The van der Waals surface area contributed by atoms with Gasteiger partial charge in [-0.15, -0.1) is 0 Å². The highest BCUT2D eigenvalue weighted by molar-refractivity contribution is 5.83. The highest BCUT2D eigenvalue weighted by atomic mass is 19.4. The molecule has 0 aromatic carbocycles. The number of nitrogens with zero attached hydrogens (tertiary/aromatic N) is 8. The number of aliphatic hydroxyl groups is 1. The summed E-state index contributed by atoms with van der Waals surface area (Å²) >= 11 is 0. The summed E-state index contributed by atoms with van der Waals surface area (Å²) in [5, 5.41) is 19.7. The van der Waals surface area contributed by atoms with Gasteiger partial charge in [-0.05, 0) is 45.4 Å². The van der Waals surface area contributed by atoms with Crippen molar-refractivity contribution in [3.05, 3.63) is 48.5 Å². The SMILES string of the molecule is Cc1ccc(-n2ncc3cnc(-c4cnn(CC(F)(F)F)c4)cc32)nc1N1CCN(C(=O)OC(C)(C)C)C[C@@H](O)C1. The first-order chi connectivity index (χ1) is 19.3. The minimum Gasteiger partial charge on any atom is -0.444 e. The zero-order chi connectivity index (χ0) is 29.5. The molecule has 5 rings (SSSR count). The number of rotatable bonds is 4. The van der Waals surface area contributed by atoms with Gasteiger partial charge in [0.1, 0.15) is 18.0 Å². The smallest absolute Gasteiger partial charge is 0.410 e. The van der Waals surface area contributed by atoms with Crippen LogP contribution in [-0.4, -0.2) is 89.7 Å². The maximum atomic E-state index is 12.8. The number of alkyl halides is 3. The van der Waals surface area contributed by atoms with E-state index in [4.69, 9.17) is 9.72 Å². The number of aromatic nitrogens is 6. The van der Waals surface area contributed by atoms with Crippen LogP contribution in [0.25, 0.3) is 28.0 Å². The van der Waals surface area contributed by atoms with Crippen molar-refractivity contribution in [3.63, 3.8) is 0 Å². The Morgan fingerprint density at radius 2 is 1.88 bits per heavy atom. The molecule has 1 saturated heterocycles. The Balaban J connectivity index is 1.42. The Labute approximate surface area is 234 Å². The first-order valence-electron chi connectivity index (χ1n) is 13.1. The van der Waals surface area contributed by atoms with Crippen molar-refractivity contribution in [1.29, 1.82) is 0 Å². The molecule has 4 aromatic heterocycles. The minimum atomic E-state index is -4.38. The van der Waals surface area contributed by atoms with Crippen molar-refractivity contribution in [2.45, 2.75) is 52.1 Å². The van der Waals surface area contributed by atoms with Gasteiger partial charge in [-0.2, -0.15) is 23.4 Å². The van der Waals surface area contributed by atoms with Gasteiger partial charge in [0.25, 0.3) is 0 Å². The third kappa shape index (κ3) is 6.59. The monoisotopic (exact) mass is 572 g/mol. The van der Waals surface area contributed by atoms with Crippen molar-refractivity contribution >= 4 is 22.8 Å². The molecule has 0 radical (unpaired) electrons. The molecule has 41 heavy (non-hydrogen) atoms. The average molecular weight is 573 g/mol. The van der Waals surface area contributed by atoms with Crippen LogP contribution >= 0.6 is 0 Å². The number of fused-ring (bicyclic) bond motifs is 1. The van der Waals surface area contributed by atoms with Gasteiger partial charge in [0.05, 0.1) is 36.3 Å². The van der Waals surface area contributed by atoms with Crippen molar-refractivity contribution in [1.82, 2.24) is 34.4 Å². The lowest BCUT2D eigenvalue weighted by atomic mass is 10.2. The number of hydrogen-bond donors (Lipinski definition) is 1. The first-order valence-corrected chi connectivity index (χ1v) is 13.1. The van der Waals surface area contributed by atoms with Gasteiger partial charge in [0.15, 0.2) is 5.82 Å². The molecule has 4 aromatic rings. The van der Waals surface area contributed by atoms with Crippen molar-refractivity contribution in [3.8, 4) is 17.1 Å². The fraction of sp³-hybridized carbons (Fsp3) is 0.444. The largest absolute Gasteiger partial charge is 0.444 e. The number of amides is 1. The van der Waals surface area contributed by atoms with Crippen LogP contribution in [0.1, 0.15) is 26.3 Å². The molecule has 14 heteroatoms. The molecule has 0 unspecified atom stereocenters. The molecule has 0 aliphatic carbocycles. The van der Waals surface area contributed by atoms with Crippen LogP contribution in [0.3, 0.4) is 0 Å². The number of carbonyl (C=O) groups excluding carboxylic acids is 1. The van der Waals surface area contributed by atoms with Gasteiger partial charge in [0, 0.05) is 43.0 Å². The van der Waals surface area contributed by atoms with Crippen LogP contribution in [0.2, 0.25) is 0 Å². The molecule has 1 fully saturated rings. The van der Waals surface area contributed by atoms with Crippen LogP contribution in [0.15, 0.2) is 43.0 Å². The van der Waals surface area contributed by atoms with Crippen molar-refractivity contribution in [2.24, 2.45) is 0 Å². The minimum absolute atomic E-state index is 0.142. The van der Waals surface area contributed by atoms with E-state index in [-0.39, 0.29) is 13.1 Å². The summed E-state index contributed by atoms with van der Waals surface area (Å²) in [6.07, 6.45) is 0.200. The standard InChI is InChI=1S/C27H31F3N8O3/c1-17-5-6-23(34-24(17)35-7-8-36(15-20(39)14-35)25(40)41-26(2,3)4)38-22-9-21(31-10-18(22)11-33-38)19-12-32-37(13-19)16-27(28,29)30/h5-6,9-13,20,39H,7-8,14-16H2,1-4H3/t20-/m0/s1. The van der Waals surface area contributed by atoms with Gasteiger partial charge in [-0.3, -0.25) is 9.67 Å². The number of aryl methyl sites for hydroxylation is 1. The van der Waals surface area contributed by atoms with E-state index < -0.39 is 30.5 Å². The number of hydrogen-bond acceptors (Lipinski definition) is 8. The van der Waals surface area contributed by atoms with E-state index >= 15 is 0 Å². The summed E-state index contributed by atoms with van der Waals surface area (Å²) < 4.78 is 46.3. The maximum Gasteiger partial charge on any atom is 0.410 e.